The summed E-state index contributed by atoms with van der Waals surface area (Å²) in [5, 5.41) is 0.755. The van der Waals surface area contributed by atoms with Crippen molar-refractivity contribution in [3.05, 3.63) is 53.5 Å². The van der Waals surface area contributed by atoms with Crippen LogP contribution in [0.2, 0.25) is 0 Å². The Morgan fingerprint density at radius 1 is 1.11 bits per heavy atom. The Kier molecular flexibility index (Phi) is 5.38. The van der Waals surface area contributed by atoms with E-state index in [-0.39, 0.29) is 23.0 Å². The molecule has 0 atom stereocenters. The minimum Gasteiger partial charge on any atom is -0.497 e. The van der Waals surface area contributed by atoms with Crippen LogP contribution in [-0.4, -0.2) is 34.2 Å². The Hall–Kier alpha value is -2.58. The van der Waals surface area contributed by atoms with Crippen LogP contribution < -0.4 is 14.2 Å². The molecule has 3 rings (SSSR count). The summed E-state index contributed by atoms with van der Waals surface area (Å²) < 4.78 is 51.8. The van der Waals surface area contributed by atoms with Crippen molar-refractivity contribution in [3.8, 4) is 11.5 Å². The van der Waals surface area contributed by atoms with Crippen molar-refractivity contribution in [1.82, 2.24) is 9.71 Å². The lowest BCUT2D eigenvalue weighted by Crippen LogP contribution is -2.26. The SMILES string of the molecule is COc1ccc(OC)c(S(=O)(=O)NCCc2c(C)[nH]c3ccc(F)cc23)c1. The third-order valence-electron chi connectivity index (χ3n) is 4.41. The van der Waals surface area contributed by atoms with Gasteiger partial charge >= 0.3 is 0 Å². The predicted molar refractivity (Wildman–Crippen MR) is 101 cm³/mol. The molecule has 8 heteroatoms. The highest BCUT2D eigenvalue weighted by atomic mass is 32.2. The average Bonchev–Trinajstić information content (AvgIpc) is 2.96. The molecule has 0 aliphatic rings. The number of hydrogen-bond donors (Lipinski definition) is 2. The van der Waals surface area contributed by atoms with Gasteiger partial charge in [0.2, 0.25) is 10.0 Å². The Balaban J connectivity index is 1.81. The highest BCUT2D eigenvalue weighted by Crippen LogP contribution is 2.28. The van der Waals surface area contributed by atoms with E-state index in [4.69, 9.17) is 9.47 Å². The summed E-state index contributed by atoms with van der Waals surface area (Å²) in [7, 11) is -0.932. The second-order valence-electron chi connectivity index (χ2n) is 6.08. The summed E-state index contributed by atoms with van der Waals surface area (Å²) in [6.07, 6.45) is 0.417. The zero-order chi connectivity index (χ0) is 19.6. The molecule has 0 saturated carbocycles. The van der Waals surface area contributed by atoms with Crippen molar-refractivity contribution in [1.29, 1.82) is 0 Å². The molecule has 0 radical (unpaired) electrons. The van der Waals surface area contributed by atoms with Gasteiger partial charge in [-0.3, -0.25) is 0 Å². The van der Waals surface area contributed by atoms with Gasteiger partial charge in [0.05, 0.1) is 14.2 Å². The molecule has 1 aromatic heterocycles. The van der Waals surface area contributed by atoms with E-state index in [2.05, 4.69) is 9.71 Å². The first-order chi connectivity index (χ1) is 12.9. The number of benzene rings is 2. The number of halogens is 1. The molecule has 144 valence electrons. The van der Waals surface area contributed by atoms with Gasteiger partial charge in [0.15, 0.2) is 0 Å². The van der Waals surface area contributed by atoms with Gasteiger partial charge in [0.25, 0.3) is 0 Å². The van der Waals surface area contributed by atoms with Crippen molar-refractivity contribution in [2.45, 2.75) is 18.2 Å². The number of aryl methyl sites for hydroxylation is 1. The molecular weight excluding hydrogens is 371 g/mol. The Morgan fingerprint density at radius 2 is 1.89 bits per heavy atom. The van der Waals surface area contributed by atoms with Gasteiger partial charge in [-0.25, -0.2) is 17.5 Å². The van der Waals surface area contributed by atoms with Gasteiger partial charge < -0.3 is 14.5 Å². The first kappa shape index (κ1) is 19.2. The maximum atomic E-state index is 13.6. The highest BCUT2D eigenvalue weighted by Gasteiger charge is 2.20. The van der Waals surface area contributed by atoms with E-state index in [1.165, 1.54) is 32.4 Å². The first-order valence-electron chi connectivity index (χ1n) is 8.34. The predicted octanol–water partition coefficient (Wildman–Crippen LogP) is 3.15. The molecular formula is C19H21FN2O4S. The summed E-state index contributed by atoms with van der Waals surface area (Å²) in [5.74, 6) is 0.317. The number of hydrogen-bond acceptors (Lipinski definition) is 4. The van der Waals surface area contributed by atoms with Crippen LogP contribution in [0, 0.1) is 12.7 Å². The van der Waals surface area contributed by atoms with Crippen molar-refractivity contribution in [2.75, 3.05) is 20.8 Å². The molecule has 0 amide bonds. The number of rotatable bonds is 7. The number of H-pyrrole nitrogens is 1. The highest BCUT2D eigenvalue weighted by molar-refractivity contribution is 7.89. The third kappa shape index (κ3) is 3.91. The van der Waals surface area contributed by atoms with Crippen LogP contribution >= 0.6 is 0 Å². The topological polar surface area (TPSA) is 80.4 Å². The minimum atomic E-state index is -3.80. The summed E-state index contributed by atoms with van der Waals surface area (Å²) >= 11 is 0. The Labute approximate surface area is 157 Å². The number of fused-ring (bicyclic) bond motifs is 1. The van der Waals surface area contributed by atoms with Gasteiger partial charge in [-0.2, -0.15) is 0 Å². The largest absolute Gasteiger partial charge is 0.497 e. The number of ether oxygens (including phenoxy) is 2. The summed E-state index contributed by atoms with van der Waals surface area (Å²) in [4.78, 5) is 3.19. The second-order valence-corrected chi connectivity index (χ2v) is 7.82. The van der Waals surface area contributed by atoms with Gasteiger partial charge in [-0.05, 0) is 49.2 Å². The van der Waals surface area contributed by atoms with E-state index < -0.39 is 10.0 Å². The average molecular weight is 392 g/mol. The normalized spacial score (nSPS) is 11.7. The number of aromatic amines is 1. The number of aromatic nitrogens is 1. The van der Waals surface area contributed by atoms with E-state index in [1.807, 2.05) is 6.92 Å². The van der Waals surface area contributed by atoms with Gasteiger partial charge in [0.1, 0.15) is 22.2 Å². The van der Waals surface area contributed by atoms with Gasteiger partial charge in [0, 0.05) is 29.2 Å². The van der Waals surface area contributed by atoms with E-state index >= 15 is 0 Å². The quantitative estimate of drug-likeness (QED) is 0.647. The summed E-state index contributed by atoms with van der Waals surface area (Å²) in [6, 6.07) is 9.09. The maximum absolute atomic E-state index is 13.6. The van der Waals surface area contributed by atoms with Crippen molar-refractivity contribution in [2.24, 2.45) is 0 Å². The van der Waals surface area contributed by atoms with Crippen molar-refractivity contribution >= 4 is 20.9 Å². The number of nitrogens with one attached hydrogen (secondary N) is 2. The lowest BCUT2D eigenvalue weighted by atomic mass is 10.1. The molecule has 0 unspecified atom stereocenters. The molecule has 2 N–H and O–H groups in total. The number of methoxy groups -OCH3 is 2. The second kappa shape index (κ2) is 7.58. The lowest BCUT2D eigenvalue weighted by molar-refractivity contribution is 0.392. The number of sulfonamides is 1. The van der Waals surface area contributed by atoms with Crippen molar-refractivity contribution in [3.63, 3.8) is 0 Å². The van der Waals surface area contributed by atoms with Crippen molar-refractivity contribution < 1.29 is 22.3 Å². The fraction of sp³-hybridized carbons (Fsp3) is 0.263. The molecule has 0 saturated heterocycles. The van der Waals surface area contributed by atoms with E-state index in [0.29, 0.717) is 12.2 Å². The van der Waals surface area contributed by atoms with Gasteiger partial charge in [-0.15, -0.1) is 0 Å². The fourth-order valence-corrected chi connectivity index (χ4v) is 4.27. The summed E-state index contributed by atoms with van der Waals surface area (Å²) in [6.45, 7) is 2.04. The fourth-order valence-electron chi connectivity index (χ4n) is 3.06. The minimum absolute atomic E-state index is 0.00560. The monoisotopic (exact) mass is 392 g/mol. The molecule has 1 heterocycles. The maximum Gasteiger partial charge on any atom is 0.244 e. The van der Waals surface area contributed by atoms with E-state index in [1.54, 1.807) is 18.2 Å². The van der Waals surface area contributed by atoms with E-state index in [0.717, 1.165) is 22.2 Å². The first-order valence-corrected chi connectivity index (χ1v) is 9.82. The van der Waals surface area contributed by atoms with Crippen LogP contribution in [0.15, 0.2) is 41.3 Å². The van der Waals surface area contributed by atoms with Crippen LogP contribution in [-0.2, 0) is 16.4 Å². The summed E-state index contributed by atoms with van der Waals surface area (Å²) in [5.41, 5.74) is 2.58. The van der Waals surface area contributed by atoms with Crippen LogP contribution in [0.4, 0.5) is 4.39 Å². The zero-order valence-electron chi connectivity index (χ0n) is 15.3. The molecule has 0 fully saturated rings. The molecule has 0 aliphatic carbocycles. The third-order valence-corrected chi connectivity index (χ3v) is 5.89. The Morgan fingerprint density at radius 3 is 2.59 bits per heavy atom. The smallest absolute Gasteiger partial charge is 0.244 e. The molecule has 3 aromatic rings. The van der Waals surface area contributed by atoms with Crippen LogP contribution in [0.5, 0.6) is 11.5 Å². The molecule has 27 heavy (non-hydrogen) atoms. The molecule has 0 bridgehead atoms. The molecule has 0 spiro atoms. The standard InChI is InChI=1S/C19H21FN2O4S/c1-12-15(16-10-13(20)4-6-17(16)22-12)8-9-21-27(23,24)19-11-14(25-2)5-7-18(19)26-3/h4-7,10-11,21-22H,8-9H2,1-3H3. The van der Waals surface area contributed by atoms with Crippen LogP contribution in [0.25, 0.3) is 10.9 Å². The lowest BCUT2D eigenvalue weighted by Gasteiger charge is -2.12. The molecule has 6 nitrogen and oxygen atoms in total. The van der Waals surface area contributed by atoms with E-state index in [9.17, 15) is 12.8 Å². The zero-order valence-corrected chi connectivity index (χ0v) is 16.1. The van der Waals surface area contributed by atoms with Gasteiger partial charge in [-0.1, -0.05) is 0 Å². The Bertz CT molecular complexity index is 1080. The molecule has 0 aliphatic heterocycles. The molecule has 2 aromatic carbocycles. The van der Waals surface area contributed by atoms with Crippen LogP contribution in [0.3, 0.4) is 0 Å². The van der Waals surface area contributed by atoms with Crippen LogP contribution in [0.1, 0.15) is 11.3 Å².